The van der Waals surface area contributed by atoms with E-state index in [1.165, 1.54) is 4.90 Å². The maximum absolute atomic E-state index is 12.6. The first-order chi connectivity index (χ1) is 13.6. The summed E-state index contributed by atoms with van der Waals surface area (Å²) in [5.74, 6) is -2.16. The molecule has 1 unspecified atom stereocenters. The average Bonchev–Trinajstić information content (AvgIpc) is 3.00. The number of carboxylic acid groups (broad SMARTS) is 1. The van der Waals surface area contributed by atoms with E-state index in [9.17, 15) is 14.7 Å². The molecular formula is C22H24N2O4. The number of benzene rings is 2. The number of ether oxygens (including phenoxy) is 1. The van der Waals surface area contributed by atoms with Crippen molar-refractivity contribution < 1.29 is 19.4 Å². The molecular weight excluding hydrogens is 356 g/mol. The molecule has 3 rings (SSSR count). The van der Waals surface area contributed by atoms with Crippen LogP contribution in [0, 0.1) is 0 Å². The quantitative estimate of drug-likeness (QED) is 0.394. The summed E-state index contributed by atoms with van der Waals surface area (Å²) in [6, 6.07) is 14.6. The zero-order valence-electron chi connectivity index (χ0n) is 15.6. The van der Waals surface area contributed by atoms with Crippen molar-refractivity contribution in [1.82, 2.24) is 4.90 Å². The van der Waals surface area contributed by atoms with E-state index >= 15 is 0 Å². The Bertz CT molecular complexity index is 835. The Morgan fingerprint density at radius 1 is 1.14 bits per heavy atom. The number of nitrogens with zero attached hydrogens (tertiary/aromatic N) is 1. The van der Waals surface area contributed by atoms with Crippen molar-refractivity contribution in [1.29, 1.82) is 0 Å². The van der Waals surface area contributed by atoms with E-state index in [0.29, 0.717) is 0 Å². The maximum atomic E-state index is 12.6. The molecule has 0 saturated carbocycles. The van der Waals surface area contributed by atoms with Gasteiger partial charge in [-0.15, -0.1) is 6.58 Å². The van der Waals surface area contributed by atoms with E-state index in [1.807, 2.05) is 48.5 Å². The lowest BCUT2D eigenvalue weighted by Gasteiger charge is -2.26. The van der Waals surface area contributed by atoms with Crippen molar-refractivity contribution in [3.8, 4) is 11.1 Å². The van der Waals surface area contributed by atoms with E-state index in [4.69, 9.17) is 10.5 Å². The summed E-state index contributed by atoms with van der Waals surface area (Å²) in [6.07, 6.45) is 1.54. The van der Waals surface area contributed by atoms with Crippen LogP contribution < -0.4 is 5.73 Å². The minimum Gasteiger partial charge on any atom is -0.480 e. The number of esters is 1. The molecule has 28 heavy (non-hydrogen) atoms. The van der Waals surface area contributed by atoms with Crippen LogP contribution in [-0.2, 0) is 14.3 Å². The molecule has 0 saturated heterocycles. The first-order valence-electron chi connectivity index (χ1n) is 9.21. The molecule has 6 nitrogen and oxygen atoms in total. The Labute approximate surface area is 164 Å². The van der Waals surface area contributed by atoms with Gasteiger partial charge in [0.2, 0.25) is 6.04 Å². The average molecular weight is 380 g/mol. The number of carbonyl (C=O) groups excluding carboxylic acids is 1. The second-order valence-electron chi connectivity index (χ2n) is 6.67. The molecule has 2 aromatic rings. The number of hydrogen-bond acceptors (Lipinski definition) is 5. The molecule has 0 heterocycles. The number of carbonyl (C=O) groups is 2. The molecule has 0 spiro atoms. The first kappa shape index (κ1) is 19.8. The fourth-order valence-corrected chi connectivity index (χ4v) is 3.75. The van der Waals surface area contributed by atoms with Gasteiger partial charge in [-0.3, -0.25) is 4.90 Å². The van der Waals surface area contributed by atoms with Crippen molar-refractivity contribution in [2.24, 2.45) is 5.73 Å². The molecule has 2 aromatic carbocycles. The molecule has 3 N–H and O–H groups in total. The molecule has 6 heteroatoms. The van der Waals surface area contributed by atoms with Gasteiger partial charge in [0, 0.05) is 25.6 Å². The van der Waals surface area contributed by atoms with Crippen LogP contribution >= 0.6 is 0 Å². The SMILES string of the molecule is C=CCN(CCN)C(C(=O)O)C(=O)OCC1c2ccccc2-c2ccccc21. The normalized spacial score (nSPS) is 13.6. The van der Waals surface area contributed by atoms with Crippen LogP contribution in [0.4, 0.5) is 0 Å². The summed E-state index contributed by atoms with van der Waals surface area (Å²) in [5, 5.41) is 9.56. The minimum absolute atomic E-state index is 0.0845. The van der Waals surface area contributed by atoms with Gasteiger partial charge in [0.15, 0.2) is 0 Å². The minimum atomic E-state index is -1.41. The predicted octanol–water partition coefficient (Wildman–Crippen LogP) is 2.24. The molecule has 0 aliphatic heterocycles. The van der Waals surface area contributed by atoms with E-state index in [2.05, 4.69) is 6.58 Å². The summed E-state index contributed by atoms with van der Waals surface area (Å²) < 4.78 is 5.50. The van der Waals surface area contributed by atoms with Gasteiger partial charge < -0.3 is 15.6 Å². The molecule has 0 fully saturated rings. The number of nitrogens with two attached hydrogens (primary N) is 1. The Hall–Kier alpha value is -2.96. The van der Waals surface area contributed by atoms with Gasteiger partial charge in [-0.05, 0) is 22.3 Å². The third-order valence-electron chi connectivity index (χ3n) is 4.96. The monoisotopic (exact) mass is 380 g/mol. The van der Waals surface area contributed by atoms with Crippen LogP contribution in [-0.4, -0.2) is 54.2 Å². The van der Waals surface area contributed by atoms with Gasteiger partial charge in [0.25, 0.3) is 0 Å². The van der Waals surface area contributed by atoms with E-state index in [1.54, 1.807) is 6.08 Å². The summed E-state index contributed by atoms with van der Waals surface area (Å²) in [4.78, 5) is 25.8. The Morgan fingerprint density at radius 3 is 2.21 bits per heavy atom. The smallest absolute Gasteiger partial charge is 0.335 e. The standard InChI is InChI=1S/C22H24N2O4/c1-2-12-24(13-11-23)20(21(25)26)22(27)28-14-19-17-9-5-3-7-15(17)16-8-4-6-10-18(16)19/h2-10,19-20H,1,11-14,23H2,(H,25,26). The maximum Gasteiger partial charge on any atom is 0.335 e. The highest BCUT2D eigenvalue weighted by Gasteiger charge is 2.35. The van der Waals surface area contributed by atoms with Gasteiger partial charge in [-0.2, -0.15) is 0 Å². The van der Waals surface area contributed by atoms with E-state index in [0.717, 1.165) is 22.3 Å². The second kappa shape index (κ2) is 8.82. The van der Waals surface area contributed by atoms with Gasteiger partial charge in [0.05, 0.1) is 0 Å². The van der Waals surface area contributed by atoms with Crippen LogP contribution in [0.25, 0.3) is 11.1 Å². The van der Waals surface area contributed by atoms with Crippen LogP contribution in [0.5, 0.6) is 0 Å². The lowest BCUT2D eigenvalue weighted by atomic mass is 9.98. The lowest BCUT2D eigenvalue weighted by Crippen LogP contribution is -2.49. The van der Waals surface area contributed by atoms with Crippen molar-refractivity contribution >= 4 is 11.9 Å². The van der Waals surface area contributed by atoms with Gasteiger partial charge in [-0.25, -0.2) is 9.59 Å². The van der Waals surface area contributed by atoms with Gasteiger partial charge in [0.1, 0.15) is 6.61 Å². The largest absolute Gasteiger partial charge is 0.480 e. The van der Waals surface area contributed by atoms with Gasteiger partial charge >= 0.3 is 11.9 Å². The molecule has 0 aromatic heterocycles. The van der Waals surface area contributed by atoms with Crippen LogP contribution in [0.2, 0.25) is 0 Å². The topological polar surface area (TPSA) is 92.9 Å². The Kier molecular flexibility index (Phi) is 6.23. The molecule has 1 atom stereocenters. The number of rotatable bonds is 9. The third kappa shape index (κ3) is 3.83. The molecule has 1 aliphatic carbocycles. The molecule has 146 valence electrons. The fourth-order valence-electron chi connectivity index (χ4n) is 3.75. The number of fused-ring (bicyclic) bond motifs is 3. The molecule has 0 bridgehead atoms. The van der Waals surface area contributed by atoms with Crippen molar-refractivity contribution in [3.05, 3.63) is 72.3 Å². The third-order valence-corrected chi connectivity index (χ3v) is 4.96. The Morgan fingerprint density at radius 2 is 1.71 bits per heavy atom. The summed E-state index contributed by atoms with van der Waals surface area (Å²) in [5.41, 5.74) is 9.94. The van der Waals surface area contributed by atoms with Crippen molar-refractivity contribution in [2.75, 3.05) is 26.2 Å². The second-order valence-corrected chi connectivity index (χ2v) is 6.67. The number of hydrogen-bond donors (Lipinski definition) is 2. The highest BCUT2D eigenvalue weighted by Crippen LogP contribution is 2.44. The fraction of sp³-hybridized carbons (Fsp3) is 0.273. The lowest BCUT2D eigenvalue weighted by molar-refractivity contribution is -0.160. The zero-order valence-corrected chi connectivity index (χ0v) is 15.6. The van der Waals surface area contributed by atoms with Gasteiger partial charge in [-0.1, -0.05) is 54.6 Å². The summed E-state index contributed by atoms with van der Waals surface area (Å²) in [7, 11) is 0. The Balaban J connectivity index is 1.80. The predicted molar refractivity (Wildman–Crippen MR) is 107 cm³/mol. The van der Waals surface area contributed by atoms with Crippen molar-refractivity contribution in [2.45, 2.75) is 12.0 Å². The van der Waals surface area contributed by atoms with Crippen LogP contribution in [0.15, 0.2) is 61.2 Å². The zero-order chi connectivity index (χ0) is 20.1. The number of aliphatic carboxylic acids is 1. The summed E-state index contributed by atoms with van der Waals surface area (Å²) in [6.45, 7) is 4.42. The highest BCUT2D eigenvalue weighted by atomic mass is 16.5. The molecule has 0 radical (unpaired) electrons. The first-order valence-corrected chi connectivity index (χ1v) is 9.21. The van der Waals surface area contributed by atoms with Crippen LogP contribution in [0.3, 0.4) is 0 Å². The van der Waals surface area contributed by atoms with Crippen LogP contribution in [0.1, 0.15) is 17.0 Å². The van der Waals surface area contributed by atoms with E-state index in [-0.39, 0.29) is 32.2 Å². The van der Waals surface area contributed by atoms with Crippen molar-refractivity contribution in [3.63, 3.8) is 0 Å². The molecule has 0 amide bonds. The summed E-state index contributed by atoms with van der Waals surface area (Å²) >= 11 is 0. The molecule has 1 aliphatic rings. The highest BCUT2D eigenvalue weighted by molar-refractivity contribution is 5.98. The van der Waals surface area contributed by atoms with E-state index < -0.39 is 18.0 Å². The number of carboxylic acids is 1.